The van der Waals surface area contributed by atoms with Crippen molar-refractivity contribution in [3.05, 3.63) is 81.8 Å². The first-order valence-electron chi connectivity index (χ1n) is 13.8. The Bertz CT molecular complexity index is 1530. The first-order valence-corrected chi connectivity index (χ1v) is 15.9. The van der Waals surface area contributed by atoms with Crippen molar-refractivity contribution in [2.75, 3.05) is 31.6 Å². The molecule has 0 radical (unpaired) electrons. The van der Waals surface area contributed by atoms with E-state index in [1.807, 2.05) is 13.8 Å². The first kappa shape index (κ1) is 34.0. The van der Waals surface area contributed by atoms with Crippen molar-refractivity contribution in [1.29, 1.82) is 0 Å². The van der Waals surface area contributed by atoms with Crippen LogP contribution in [-0.4, -0.2) is 58.5 Å². The van der Waals surface area contributed by atoms with Gasteiger partial charge in [-0.25, -0.2) is 8.42 Å². The molecule has 0 aliphatic rings. The van der Waals surface area contributed by atoms with Crippen LogP contribution in [0.3, 0.4) is 0 Å². The Morgan fingerprint density at radius 2 is 1.63 bits per heavy atom. The number of ether oxygens (including phenoxy) is 2. The molecular weight excluding hydrogens is 613 g/mol. The molecule has 0 aromatic heterocycles. The van der Waals surface area contributed by atoms with E-state index in [0.717, 1.165) is 22.7 Å². The lowest BCUT2D eigenvalue weighted by Gasteiger charge is -2.32. The summed E-state index contributed by atoms with van der Waals surface area (Å²) in [5.74, 6) is -0.313. The van der Waals surface area contributed by atoms with Gasteiger partial charge < -0.3 is 19.7 Å². The number of benzene rings is 3. The highest BCUT2D eigenvalue weighted by Gasteiger charge is 2.33. The zero-order valence-corrected chi connectivity index (χ0v) is 27.2. The Hall–Kier alpha value is -3.47. The van der Waals surface area contributed by atoms with Crippen LogP contribution in [0.2, 0.25) is 10.0 Å². The van der Waals surface area contributed by atoms with Gasteiger partial charge in [-0.3, -0.25) is 13.9 Å². The molecule has 0 unspecified atom stereocenters. The van der Waals surface area contributed by atoms with Gasteiger partial charge in [0.1, 0.15) is 12.6 Å². The molecule has 1 N–H and O–H groups in total. The van der Waals surface area contributed by atoms with E-state index in [2.05, 4.69) is 5.32 Å². The number of halogens is 2. The fourth-order valence-electron chi connectivity index (χ4n) is 4.30. The molecule has 3 rings (SSSR count). The van der Waals surface area contributed by atoms with Crippen molar-refractivity contribution in [1.82, 2.24) is 10.2 Å². The molecule has 3 aromatic rings. The Morgan fingerprint density at radius 3 is 2.23 bits per heavy atom. The maximum absolute atomic E-state index is 14.1. The molecule has 12 heteroatoms. The number of anilines is 1. The van der Waals surface area contributed by atoms with Crippen LogP contribution < -0.4 is 19.1 Å². The second-order valence-electron chi connectivity index (χ2n) is 9.94. The number of unbranched alkanes of at least 4 members (excludes halogenated alkanes) is 1. The molecule has 0 heterocycles. The first-order chi connectivity index (χ1) is 20.4. The molecule has 3 aromatic carbocycles. The molecule has 0 saturated carbocycles. The zero-order valence-electron chi connectivity index (χ0n) is 24.9. The van der Waals surface area contributed by atoms with Crippen LogP contribution in [0.25, 0.3) is 0 Å². The highest BCUT2D eigenvalue weighted by molar-refractivity contribution is 7.92. The second-order valence-corrected chi connectivity index (χ2v) is 12.6. The minimum Gasteiger partial charge on any atom is -0.493 e. The van der Waals surface area contributed by atoms with Crippen LogP contribution in [0.4, 0.5) is 5.69 Å². The number of rotatable bonds is 14. The summed E-state index contributed by atoms with van der Waals surface area (Å²) in [7, 11) is -1.35. The number of hydrogen-bond acceptors (Lipinski definition) is 6. The smallest absolute Gasteiger partial charge is 0.264 e. The van der Waals surface area contributed by atoms with Crippen LogP contribution in [0, 0.1) is 6.92 Å². The maximum Gasteiger partial charge on any atom is 0.264 e. The van der Waals surface area contributed by atoms with Crippen molar-refractivity contribution >= 4 is 50.7 Å². The minimum absolute atomic E-state index is 0.00154. The third-order valence-electron chi connectivity index (χ3n) is 6.90. The SMILES string of the molecule is CCCCNC(=O)[C@@H](C)N(Cc1ccc(Cl)cc1Cl)C(=O)CN(c1ccc(OC)c(OC)c1)S(=O)(=O)c1ccc(C)cc1. The van der Waals surface area contributed by atoms with E-state index in [9.17, 15) is 18.0 Å². The third-order valence-corrected chi connectivity index (χ3v) is 9.27. The number of sulfonamides is 1. The number of nitrogens with zero attached hydrogens (tertiary/aromatic N) is 2. The Kier molecular flexibility index (Phi) is 12.1. The van der Waals surface area contributed by atoms with E-state index in [-0.39, 0.29) is 28.8 Å². The molecule has 0 saturated heterocycles. The van der Waals surface area contributed by atoms with E-state index in [1.165, 1.54) is 43.4 Å². The molecule has 9 nitrogen and oxygen atoms in total. The fraction of sp³-hybridized carbons (Fsp3) is 0.355. The van der Waals surface area contributed by atoms with Gasteiger partial charge in [-0.15, -0.1) is 0 Å². The molecule has 1 atom stereocenters. The largest absolute Gasteiger partial charge is 0.493 e. The van der Waals surface area contributed by atoms with E-state index >= 15 is 0 Å². The van der Waals surface area contributed by atoms with Crippen LogP contribution in [0.1, 0.15) is 37.8 Å². The molecule has 0 aliphatic carbocycles. The molecule has 0 fully saturated rings. The molecule has 0 bridgehead atoms. The highest BCUT2D eigenvalue weighted by atomic mass is 35.5. The summed E-state index contributed by atoms with van der Waals surface area (Å²) in [6, 6.07) is 14.8. The van der Waals surface area contributed by atoms with E-state index in [1.54, 1.807) is 43.3 Å². The molecule has 43 heavy (non-hydrogen) atoms. The van der Waals surface area contributed by atoms with Gasteiger partial charge in [-0.05, 0) is 62.2 Å². The van der Waals surface area contributed by atoms with Gasteiger partial charge in [0.2, 0.25) is 11.8 Å². The minimum atomic E-state index is -4.25. The van der Waals surface area contributed by atoms with Gasteiger partial charge >= 0.3 is 0 Å². The van der Waals surface area contributed by atoms with Gasteiger partial charge in [0.05, 0.1) is 24.8 Å². The monoisotopic (exact) mass is 649 g/mol. The fourth-order valence-corrected chi connectivity index (χ4v) is 6.17. The maximum atomic E-state index is 14.1. The number of aryl methyl sites for hydroxylation is 1. The van der Waals surface area contributed by atoms with Crippen molar-refractivity contribution in [3.8, 4) is 11.5 Å². The molecule has 0 spiro atoms. The Morgan fingerprint density at radius 1 is 0.953 bits per heavy atom. The number of methoxy groups -OCH3 is 2. The van der Waals surface area contributed by atoms with Crippen LogP contribution >= 0.6 is 23.2 Å². The van der Waals surface area contributed by atoms with Gasteiger partial charge in [0.15, 0.2) is 11.5 Å². The van der Waals surface area contributed by atoms with Gasteiger partial charge in [-0.1, -0.05) is 60.3 Å². The second kappa shape index (κ2) is 15.3. The average molecular weight is 651 g/mol. The zero-order chi connectivity index (χ0) is 31.7. The Balaban J connectivity index is 2.08. The van der Waals surface area contributed by atoms with Crippen LogP contribution in [-0.2, 0) is 26.2 Å². The quantitative estimate of drug-likeness (QED) is 0.220. The summed E-state index contributed by atoms with van der Waals surface area (Å²) in [6.07, 6.45) is 1.66. The van der Waals surface area contributed by atoms with Crippen molar-refractivity contribution in [2.24, 2.45) is 0 Å². The summed E-state index contributed by atoms with van der Waals surface area (Å²) in [5.41, 5.74) is 1.60. The topological polar surface area (TPSA) is 105 Å². The predicted octanol–water partition coefficient (Wildman–Crippen LogP) is 5.85. The standard InChI is InChI=1S/C31H37Cl2N3O6S/c1-6-7-16-34-31(38)22(3)35(19-23-10-11-24(32)17-27(23)33)30(37)20-36(25-12-15-28(41-4)29(18-25)42-5)43(39,40)26-13-8-21(2)9-14-26/h8-15,17-18,22H,6-7,16,19-20H2,1-5H3,(H,34,38)/t22-/m1/s1. The van der Waals surface area contributed by atoms with Gasteiger partial charge in [-0.2, -0.15) is 0 Å². The molecule has 232 valence electrons. The summed E-state index contributed by atoms with van der Waals surface area (Å²) in [5, 5.41) is 3.58. The number of amides is 2. The third kappa shape index (κ3) is 8.55. The highest BCUT2D eigenvalue weighted by Crippen LogP contribution is 2.34. The average Bonchev–Trinajstić information content (AvgIpc) is 2.98. The number of nitrogens with one attached hydrogen (secondary N) is 1. The number of carbonyl (C=O) groups is 2. The number of carbonyl (C=O) groups excluding carboxylic acids is 2. The Labute approximate surface area is 263 Å². The van der Waals surface area contributed by atoms with Gasteiger partial charge in [0, 0.05) is 29.2 Å². The van der Waals surface area contributed by atoms with E-state index < -0.39 is 28.5 Å². The molecule has 2 amide bonds. The molecule has 0 aliphatic heterocycles. The van der Waals surface area contributed by atoms with Crippen molar-refractivity contribution in [2.45, 2.75) is 51.1 Å². The van der Waals surface area contributed by atoms with E-state index in [4.69, 9.17) is 32.7 Å². The summed E-state index contributed by atoms with van der Waals surface area (Å²) in [6.45, 7) is 5.23. The molecular formula is C31H37Cl2N3O6S. The lowest BCUT2D eigenvalue weighted by molar-refractivity contribution is -0.139. The predicted molar refractivity (Wildman–Crippen MR) is 170 cm³/mol. The normalized spacial score (nSPS) is 11.9. The summed E-state index contributed by atoms with van der Waals surface area (Å²) >= 11 is 12.5. The van der Waals surface area contributed by atoms with Gasteiger partial charge in [0.25, 0.3) is 10.0 Å². The van der Waals surface area contributed by atoms with Crippen molar-refractivity contribution < 1.29 is 27.5 Å². The number of hydrogen-bond donors (Lipinski definition) is 1. The summed E-state index contributed by atoms with van der Waals surface area (Å²) < 4.78 is 39.8. The van der Waals surface area contributed by atoms with Crippen molar-refractivity contribution in [3.63, 3.8) is 0 Å². The lowest BCUT2D eigenvalue weighted by Crippen LogP contribution is -2.51. The van der Waals surface area contributed by atoms with Crippen LogP contribution in [0.15, 0.2) is 65.6 Å². The van der Waals surface area contributed by atoms with Crippen LogP contribution in [0.5, 0.6) is 11.5 Å². The summed E-state index contributed by atoms with van der Waals surface area (Å²) in [4.78, 5) is 28.6. The van der Waals surface area contributed by atoms with E-state index in [0.29, 0.717) is 27.9 Å². The lowest BCUT2D eigenvalue weighted by atomic mass is 10.1.